The SMILES string of the molecule is CN(Cc1ccc(Br)cc1)C(CN)c1ccccc1Br. The quantitative estimate of drug-likeness (QED) is 0.812. The van der Waals surface area contributed by atoms with E-state index < -0.39 is 0 Å². The topological polar surface area (TPSA) is 29.3 Å². The van der Waals surface area contributed by atoms with Gasteiger partial charge in [0.15, 0.2) is 0 Å². The molecule has 0 aromatic heterocycles. The van der Waals surface area contributed by atoms with Crippen molar-refractivity contribution in [2.24, 2.45) is 5.73 Å². The molecule has 20 heavy (non-hydrogen) atoms. The molecule has 2 nitrogen and oxygen atoms in total. The maximum atomic E-state index is 5.98. The molecule has 0 aliphatic carbocycles. The summed E-state index contributed by atoms with van der Waals surface area (Å²) in [5.74, 6) is 0. The maximum absolute atomic E-state index is 5.98. The van der Waals surface area contributed by atoms with Crippen LogP contribution < -0.4 is 5.73 Å². The number of benzene rings is 2. The van der Waals surface area contributed by atoms with Crippen molar-refractivity contribution in [2.45, 2.75) is 12.6 Å². The number of hydrogen-bond acceptors (Lipinski definition) is 2. The van der Waals surface area contributed by atoms with Crippen LogP contribution >= 0.6 is 31.9 Å². The molecule has 2 aromatic carbocycles. The highest BCUT2D eigenvalue weighted by molar-refractivity contribution is 9.10. The first-order chi connectivity index (χ1) is 9.61. The minimum absolute atomic E-state index is 0.203. The lowest BCUT2D eigenvalue weighted by atomic mass is 10.1. The number of likely N-dealkylation sites (N-methyl/N-ethyl adjacent to an activating group) is 1. The van der Waals surface area contributed by atoms with Crippen molar-refractivity contribution in [1.29, 1.82) is 0 Å². The molecule has 0 heterocycles. The molecule has 0 saturated heterocycles. The van der Waals surface area contributed by atoms with Crippen molar-refractivity contribution in [3.05, 3.63) is 68.6 Å². The number of rotatable bonds is 5. The van der Waals surface area contributed by atoms with Crippen LogP contribution in [0.4, 0.5) is 0 Å². The van der Waals surface area contributed by atoms with Crippen LogP contribution in [-0.4, -0.2) is 18.5 Å². The molecule has 1 atom stereocenters. The highest BCUT2D eigenvalue weighted by Gasteiger charge is 2.17. The van der Waals surface area contributed by atoms with Gasteiger partial charge in [-0.05, 0) is 36.4 Å². The van der Waals surface area contributed by atoms with Gasteiger partial charge in [-0.2, -0.15) is 0 Å². The van der Waals surface area contributed by atoms with Crippen LogP contribution in [0.1, 0.15) is 17.2 Å². The second-order valence-corrected chi connectivity index (χ2v) is 6.58. The lowest BCUT2D eigenvalue weighted by Gasteiger charge is -2.28. The predicted octanol–water partition coefficient (Wildman–Crippen LogP) is 4.34. The van der Waals surface area contributed by atoms with E-state index >= 15 is 0 Å². The Bertz CT molecular complexity index is 555. The van der Waals surface area contributed by atoms with Crippen molar-refractivity contribution in [3.8, 4) is 0 Å². The van der Waals surface area contributed by atoms with E-state index in [1.165, 1.54) is 11.1 Å². The molecule has 2 rings (SSSR count). The molecule has 0 fully saturated rings. The van der Waals surface area contributed by atoms with E-state index in [0.29, 0.717) is 6.54 Å². The monoisotopic (exact) mass is 396 g/mol. The number of hydrogen-bond donors (Lipinski definition) is 1. The van der Waals surface area contributed by atoms with Gasteiger partial charge in [0.2, 0.25) is 0 Å². The Labute approximate surface area is 137 Å². The van der Waals surface area contributed by atoms with Gasteiger partial charge in [-0.3, -0.25) is 4.90 Å². The van der Waals surface area contributed by atoms with Crippen molar-refractivity contribution in [3.63, 3.8) is 0 Å². The smallest absolute Gasteiger partial charge is 0.0482 e. The number of nitrogens with two attached hydrogens (primary N) is 1. The summed E-state index contributed by atoms with van der Waals surface area (Å²) in [4.78, 5) is 2.28. The molecule has 0 saturated carbocycles. The molecule has 2 N–H and O–H groups in total. The molecule has 106 valence electrons. The first-order valence-electron chi connectivity index (χ1n) is 6.51. The third-order valence-corrected chi connectivity index (χ3v) is 4.62. The van der Waals surface area contributed by atoms with Crippen molar-refractivity contribution in [2.75, 3.05) is 13.6 Å². The minimum atomic E-state index is 0.203. The summed E-state index contributed by atoms with van der Waals surface area (Å²) in [6.07, 6.45) is 0. The molecule has 0 aliphatic rings. The Hall–Kier alpha value is -0.680. The van der Waals surface area contributed by atoms with Gasteiger partial charge in [0.25, 0.3) is 0 Å². The fourth-order valence-electron chi connectivity index (χ4n) is 2.28. The van der Waals surface area contributed by atoms with E-state index in [1.807, 2.05) is 6.07 Å². The molecule has 0 bridgehead atoms. The molecule has 0 radical (unpaired) electrons. The van der Waals surface area contributed by atoms with Crippen LogP contribution in [0.15, 0.2) is 57.5 Å². The van der Waals surface area contributed by atoms with E-state index in [1.54, 1.807) is 0 Å². The summed E-state index contributed by atoms with van der Waals surface area (Å²) < 4.78 is 2.21. The van der Waals surface area contributed by atoms with E-state index in [0.717, 1.165) is 15.5 Å². The van der Waals surface area contributed by atoms with Gasteiger partial charge < -0.3 is 5.73 Å². The van der Waals surface area contributed by atoms with Crippen LogP contribution in [0.3, 0.4) is 0 Å². The van der Waals surface area contributed by atoms with Gasteiger partial charge in [-0.1, -0.05) is 62.2 Å². The maximum Gasteiger partial charge on any atom is 0.0482 e. The van der Waals surface area contributed by atoms with Crippen LogP contribution in [-0.2, 0) is 6.54 Å². The highest BCUT2D eigenvalue weighted by Crippen LogP contribution is 2.27. The number of halogens is 2. The van der Waals surface area contributed by atoms with Crippen molar-refractivity contribution >= 4 is 31.9 Å². The van der Waals surface area contributed by atoms with E-state index in [-0.39, 0.29) is 6.04 Å². The molecule has 0 spiro atoms. The third-order valence-electron chi connectivity index (χ3n) is 3.36. The summed E-state index contributed by atoms with van der Waals surface area (Å²) in [5, 5.41) is 0. The molecular formula is C16H18Br2N2. The largest absolute Gasteiger partial charge is 0.329 e. The van der Waals surface area contributed by atoms with Gasteiger partial charge >= 0.3 is 0 Å². The zero-order valence-electron chi connectivity index (χ0n) is 11.4. The lowest BCUT2D eigenvalue weighted by molar-refractivity contribution is 0.241. The highest BCUT2D eigenvalue weighted by atomic mass is 79.9. The Balaban J connectivity index is 2.15. The zero-order valence-corrected chi connectivity index (χ0v) is 14.6. The van der Waals surface area contributed by atoms with Gasteiger partial charge in [0.1, 0.15) is 0 Å². The second-order valence-electron chi connectivity index (χ2n) is 4.81. The Morgan fingerprint density at radius 2 is 1.70 bits per heavy atom. The molecule has 0 amide bonds. The lowest BCUT2D eigenvalue weighted by Crippen LogP contribution is -2.30. The molecule has 1 unspecified atom stereocenters. The van der Waals surface area contributed by atoms with Gasteiger partial charge in [0, 0.05) is 28.1 Å². The van der Waals surface area contributed by atoms with E-state index in [2.05, 4.69) is 86.3 Å². The first-order valence-corrected chi connectivity index (χ1v) is 8.09. The van der Waals surface area contributed by atoms with E-state index in [9.17, 15) is 0 Å². The minimum Gasteiger partial charge on any atom is -0.329 e. The summed E-state index contributed by atoms with van der Waals surface area (Å²) in [7, 11) is 2.11. The fourth-order valence-corrected chi connectivity index (χ4v) is 3.09. The van der Waals surface area contributed by atoms with Gasteiger partial charge in [-0.15, -0.1) is 0 Å². The Morgan fingerprint density at radius 3 is 2.30 bits per heavy atom. The van der Waals surface area contributed by atoms with Crippen LogP contribution in [0, 0.1) is 0 Å². The fraction of sp³-hybridized carbons (Fsp3) is 0.250. The average Bonchev–Trinajstić information content (AvgIpc) is 2.44. The van der Waals surface area contributed by atoms with E-state index in [4.69, 9.17) is 5.73 Å². The van der Waals surface area contributed by atoms with Crippen LogP contribution in [0.2, 0.25) is 0 Å². The predicted molar refractivity (Wildman–Crippen MR) is 91.5 cm³/mol. The molecule has 2 aromatic rings. The Kier molecular flexibility index (Phi) is 5.78. The van der Waals surface area contributed by atoms with Crippen molar-refractivity contribution < 1.29 is 0 Å². The zero-order chi connectivity index (χ0) is 14.5. The standard InChI is InChI=1S/C16H18Br2N2/c1-20(11-12-6-8-13(17)9-7-12)16(10-19)14-4-2-3-5-15(14)18/h2-9,16H,10-11,19H2,1H3. The van der Waals surface area contributed by atoms with Crippen molar-refractivity contribution in [1.82, 2.24) is 4.90 Å². The molecule has 0 aliphatic heterocycles. The molecule has 4 heteroatoms. The normalized spacial score (nSPS) is 12.7. The Morgan fingerprint density at radius 1 is 1.05 bits per heavy atom. The molecular weight excluding hydrogens is 380 g/mol. The summed E-state index contributed by atoms with van der Waals surface area (Å²) in [5.41, 5.74) is 8.49. The third kappa shape index (κ3) is 3.92. The van der Waals surface area contributed by atoms with Crippen LogP contribution in [0.5, 0.6) is 0 Å². The average molecular weight is 398 g/mol. The summed E-state index contributed by atoms with van der Waals surface area (Å²) in [6, 6.07) is 16.9. The second kappa shape index (κ2) is 7.36. The number of nitrogens with zero attached hydrogens (tertiary/aromatic N) is 1. The van der Waals surface area contributed by atoms with Crippen LogP contribution in [0.25, 0.3) is 0 Å². The summed E-state index contributed by atoms with van der Waals surface area (Å²) in [6.45, 7) is 1.46. The summed E-state index contributed by atoms with van der Waals surface area (Å²) >= 11 is 7.07. The first kappa shape index (κ1) is 15.7. The van der Waals surface area contributed by atoms with Gasteiger partial charge in [-0.25, -0.2) is 0 Å². The van der Waals surface area contributed by atoms with Gasteiger partial charge in [0.05, 0.1) is 0 Å².